The van der Waals surface area contributed by atoms with Gasteiger partial charge in [0.25, 0.3) is 15.9 Å². The van der Waals surface area contributed by atoms with Gasteiger partial charge in [-0.05, 0) is 51.0 Å². The number of aryl methyl sites for hydroxylation is 1. The van der Waals surface area contributed by atoms with Gasteiger partial charge in [0.2, 0.25) is 0 Å². The molecule has 40 heavy (non-hydrogen) atoms. The van der Waals surface area contributed by atoms with Gasteiger partial charge in [-0.25, -0.2) is 12.7 Å². The van der Waals surface area contributed by atoms with E-state index in [1.54, 1.807) is 67.6 Å². The number of ketones is 1. The van der Waals surface area contributed by atoms with Gasteiger partial charge in [0.15, 0.2) is 5.78 Å². The molecule has 1 aliphatic carbocycles. The van der Waals surface area contributed by atoms with Crippen LogP contribution >= 0.6 is 0 Å². The first kappa shape index (κ1) is 27.5. The van der Waals surface area contributed by atoms with Crippen molar-refractivity contribution in [1.29, 1.82) is 0 Å². The Kier molecular flexibility index (Phi) is 7.23. The summed E-state index contributed by atoms with van der Waals surface area (Å²) >= 11 is 0. The average molecular weight is 558 g/mol. The van der Waals surface area contributed by atoms with E-state index >= 15 is 0 Å². The van der Waals surface area contributed by atoms with E-state index in [2.05, 4.69) is 0 Å². The minimum absolute atomic E-state index is 0.0366. The average Bonchev–Trinajstić information content (AvgIpc) is 3.20. The molecule has 5 rings (SSSR count). The van der Waals surface area contributed by atoms with Gasteiger partial charge in [0, 0.05) is 17.9 Å². The Labute approximate surface area is 234 Å². The molecule has 1 heterocycles. The molecule has 0 saturated heterocycles. The number of allylic oxidation sites excluding steroid dienone is 2. The Bertz CT molecular complexity index is 1610. The fourth-order valence-corrected chi connectivity index (χ4v) is 7.58. The van der Waals surface area contributed by atoms with Gasteiger partial charge in [0.05, 0.1) is 28.5 Å². The largest absolute Gasteiger partial charge is 0.466 e. The molecule has 3 aromatic rings. The number of carbonyl (C=O) groups is 3. The van der Waals surface area contributed by atoms with Gasteiger partial charge >= 0.3 is 5.97 Å². The number of anilines is 1. The Hall–Kier alpha value is -4.04. The van der Waals surface area contributed by atoms with Gasteiger partial charge in [-0.3, -0.25) is 14.4 Å². The van der Waals surface area contributed by atoms with E-state index in [0.717, 1.165) is 15.4 Å². The Balaban J connectivity index is 1.73. The van der Waals surface area contributed by atoms with Crippen molar-refractivity contribution in [3.63, 3.8) is 0 Å². The van der Waals surface area contributed by atoms with Crippen molar-refractivity contribution in [2.75, 3.05) is 10.9 Å². The topological polar surface area (TPSA) is 97.8 Å². The van der Waals surface area contributed by atoms with Crippen LogP contribution in [0.2, 0.25) is 0 Å². The Morgan fingerprint density at radius 1 is 0.950 bits per heavy atom. The van der Waals surface area contributed by atoms with Crippen LogP contribution in [-0.4, -0.2) is 32.7 Å². The van der Waals surface area contributed by atoms with Crippen molar-refractivity contribution in [2.45, 2.75) is 43.9 Å². The van der Waals surface area contributed by atoms with Crippen LogP contribution < -0.4 is 4.31 Å². The first-order valence-corrected chi connectivity index (χ1v) is 14.7. The van der Waals surface area contributed by atoms with E-state index in [-0.39, 0.29) is 35.8 Å². The number of nitrogens with zero attached hydrogens (tertiary/aromatic N) is 1. The van der Waals surface area contributed by atoms with E-state index in [4.69, 9.17) is 4.74 Å². The molecule has 8 heteroatoms. The summed E-state index contributed by atoms with van der Waals surface area (Å²) in [4.78, 5) is 41.8. The maximum atomic E-state index is 14.8. The molecular formula is C32H31NO6S. The van der Waals surface area contributed by atoms with Crippen LogP contribution in [0.3, 0.4) is 0 Å². The lowest BCUT2D eigenvalue weighted by Gasteiger charge is -2.43. The molecular weight excluding hydrogens is 526 g/mol. The summed E-state index contributed by atoms with van der Waals surface area (Å²) in [6.45, 7) is 5.48. The molecule has 1 amide bonds. The van der Waals surface area contributed by atoms with Crippen molar-refractivity contribution >= 4 is 33.4 Å². The van der Waals surface area contributed by atoms with Crippen LogP contribution in [-0.2, 0) is 29.8 Å². The second-order valence-corrected chi connectivity index (χ2v) is 12.2. The third-order valence-corrected chi connectivity index (χ3v) is 9.60. The quantitative estimate of drug-likeness (QED) is 0.220. The number of benzene rings is 3. The zero-order chi connectivity index (χ0) is 28.7. The van der Waals surface area contributed by atoms with E-state index in [1.807, 2.05) is 26.0 Å². The molecule has 0 aromatic heterocycles. The highest BCUT2D eigenvalue weighted by Crippen LogP contribution is 2.57. The van der Waals surface area contributed by atoms with Gasteiger partial charge in [-0.1, -0.05) is 77.9 Å². The molecule has 0 fully saturated rings. The molecule has 0 saturated carbocycles. The number of sulfonamides is 1. The van der Waals surface area contributed by atoms with E-state index in [0.29, 0.717) is 11.1 Å². The molecule has 0 N–H and O–H groups in total. The van der Waals surface area contributed by atoms with Crippen LogP contribution in [0.4, 0.5) is 5.69 Å². The smallest absolute Gasteiger partial charge is 0.310 e. The zero-order valence-corrected chi connectivity index (χ0v) is 23.5. The summed E-state index contributed by atoms with van der Waals surface area (Å²) in [5.74, 6) is -3.34. The summed E-state index contributed by atoms with van der Waals surface area (Å²) in [5.41, 5.74) is 1.13. The maximum absolute atomic E-state index is 14.8. The highest BCUT2D eigenvalue weighted by Gasteiger charge is 2.65. The Morgan fingerprint density at radius 2 is 1.60 bits per heavy atom. The van der Waals surface area contributed by atoms with Crippen molar-refractivity contribution in [3.8, 4) is 0 Å². The van der Waals surface area contributed by atoms with Gasteiger partial charge in [-0.15, -0.1) is 0 Å². The minimum atomic E-state index is -4.35. The summed E-state index contributed by atoms with van der Waals surface area (Å²) in [6.07, 6.45) is 1.97. The fourth-order valence-electron chi connectivity index (χ4n) is 6.10. The SMILES string of the molecule is CCOC(=O)[C@H]1CC(C)=C[C@H](CC(=O)c2ccccc2)[C@]12C(=O)N(S(=O)(=O)c1ccc(C)cc1)c1ccccc12. The number of para-hydroxylation sites is 1. The number of esters is 1. The van der Waals surface area contributed by atoms with Crippen LogP contribution in [0.25, 0.3) is 0 Å². The number of fused-ring (bicyclic) bond motifs is 2. The normalized spacial score (nSPS) is 22.1. The first-order chi connectivity index (χ1) is 19.1. The highest BCUT2D eigenvalue weighted by molar-refractivity contribution is 7.93. The summed E-state index contributed by atoms with van der Waals surface area (Å²) in [7, 11) is -4.35. The van der Waals surface area contributed by atoms with Crippen molar-refractivity contribution in [2.24, 2.45) is 11.8 Å². The van der Waals surface area contributed by atoms with Crippen LogP contribution in [0, 0.1) is 18.8 Å². The minimum Gasteiger partial charge on any atom is -0.466 e. The lowest BCUT2D eigenvalue weighted by molar-refractivity contribution is -0.154. The van der Waals surface area contributed by atoms with Gasteiger partial charge < -0.3 is 4.74 Å². The standard InChI is InChI=1S/C32H31NO6S/c1-4-39-30(35)27-19-22(3)18-24(20-29(34)23-10-6-5-7-11-23)32(27)26-12-8-9-13-28(26)33(31(32)36)40(37,38)25-16-14-21(2)15-17-25/h5-18,24,27H,4,19-20H2,1-3H3/t24-,27-,32-/m1/s1. The molecule has 3 atom stereocenters. The molecule has 0 radical (unpaired) electrons. The molecule has 0 unspecified atom stereocenters. The Morgan fingerprint density at radius 3 is 2.27 bits per heavy atom. The molecule has 3 aromatic carbocycles. The predicted molar refractivity (Wildman–Crippen MR) is 151 cm³/mol. The van der Waals surface area contributed by atoms with Crippen LogP contribution in [0.5, 0.6) is 0 Å². The lowest BCUT2D eigenvalue weighted by atomic mass is 9.57. The van der Waals surface area contributed by atoms with Crippen molar-refractivity contribution in [1.82, 2.24) is 0 Å². The molecule has 1 aliphatic heterocycles. The van der Waals surface area contributed by atoms with E-state index < -0.39 is 39.2 Å². The fraction of sp³-hybridized carbons (Fsp3) is 0.281. The van der Waals surface area contributed by atoms with Crippen LogP contribution in [0.15, 0.2) is 95.4 Å². The zero-order valence-electron chi connectivity index (χ0n) is 22.7. The van der Waals surface area contributed by atoms with Gasteiger partial charge in [-0.2, -0.15) is 0 Å². The number of hydrogen-bond donors (Lipinski definition) is 0. The van der Waals surface area contributed by atoms with Gasteiger partial charge in [0.1, 0.15) is 0 Å². The lowest BCUT2D eigenvalue weighted by Crippen LogP contribution is -2.56. The number of carbonyl (C=O) groups excluding carboxylic acids is 3. The number of Topliss-reactive ketones (excluding diaryl/α,β-unsaturated/α-hetero) is 1. The van der Waals surface area contributed by atoms with E-state index in [9.17, 15) is 22.8 Å². The second kappa shape index (κ2) is 10.5. The summed E-state index contributed by atoms with van der Waals surface area (Å²) in [6, 6.07) is 21.7. The summed E-state index contributed by atoms with van der Waals surface area (Å²) < 4.78 is 34.4. The highest BCUT2D eigenvalue weighted by atomic mass is 32.2. The monoisotopic (exact) mass is 557 g/mol. The number of ether oxygens (including phenoxy) is 1. The number of amides is 1. The maximum Gasteiger partial charge on any atom is 0.310 e. The molecule has 0 bridgehead atoms. The molecule has 2 aliphatic rings. The summed E-state index contributed by atoms with van der Waals surface area (Å²) in [5, 5.41) is 0. The third kappa shape index (κ3) is 4.36. The molecule has 206 valence electrons. The predicted octanol–water partition coefficient (Wildman–Crippen LogP) is 5.39. The number of hydrogen-bond acceptors (Lipinski definition) is 6. The molecule has 7 nitrogen and oxygen atoms in total. The molecule has 1 spiro atoms. The van der Waals surface area contributed by atoms with Crippen molar-refractivity contribution < 1.29 is 27.5 Å². The first-order valence-electron chi connectivity index (χ1n) is 13.3. The third-order valence-electron chi connectivity index (χ3n) is 7.88. The van der Waals surface area contributed by atoms with Crippen molar-refractivity contribution in [3.05, 3.63) is 107 Å². The van der Waals surface area contributed by atoms with E-state index in [1.165, 1.54) is 12.1 Å². The number of rotatable bonds is 7. The van der Waals surface area contributed by atoms with Crippen LogP contribution in [0.1, 0.15) is 48.2 Å². The second-order valence-electron chi connectivity index (χ2n) is 10.4.